The number of unbranched alkanes of at least 4 members (excludes halogenated alkanes) is 1. The summed E-state index contributed by atoms with van der Waals surface area (Å²) >= 11 is 0. The van der Waals surface area contributed by atoms with Crippen molar-refractivity contribution in [3.05, 3.63) is 51.2 Å². The zero-order valence-electron chi connectivity index (χ0n) is 29.1. The lowest BCUT2D eigenvalue weighted by Crippen LogP contribution is -2.52. The normalized spacial score (nSPS) is 13.4. The Hall–Kier alpha value is -4.49. The summed E-state index contributed by atoms with van der Waals surface area (Å²) in [4.78, 5) is 57.6. The quantitative estimate of drug-likeness (QED) is 0.156. The molecule has 3 aromatic rings. The fraction of sp³-hybridized carbons (Fsp3) is 0.571. The van der Waals surface area contributed by atoms with Crippen LogP contribution in [0.1, 0.15) is 32.6 Å². The smallest absolute Gasteiger partial charge is 0.331 e. The molecule has 4 rings (SSSR count). The highest BCUT2D eigenvalue weighted by atomic mass is 16.5. The van der Waals surface area contributed by atoms with Gasteiger partial charge in [-0.3, -0.25) is 28.4 Å². The summed E-state index contributed by atoms with van der Waals surface area (Å²) < 4.78 is 24.8. The van der Waals surface area contributed by atoms with Crippen LogP contribution in [0, 0.1) is 11.3 Å². The van der Waals surface area contributed by atoms with Crippen LogP contribution in [0.4, 0.5) is 0 Å². The monoisotopic (exact) mass is 695 g/mol. The molecule has 0 spiro atoms. The number of nitrogens with zero attached hydrogens (tertiary/aromatic N) is 5. The van der Waals surface area contributed by atoms with Gasteiger partial charge < -0.3 is 34.1 Å². The van der Waals surface area contributed by atoms with Crippen LogP contribution in [0.3, 0.4) is 0 Å². The molecule has 15 heteroatoms. The van der Waals surface area contributed by atoms with Gasteiger partial charge in [-0.15, -0.1) is 0 Å². The number of hydrogen-bond donors (Lipinski definition) is 2. The van der Waals surface area contributed by atoms with Gasteiger partial charge in [0.25, 0.3) is 11.5 Å². The van der Waals surface area contributed by atoms with Gasteiger partial charge in [-0.2, -0.15) is 5.26 Å². The number of benzene rings is 1. The molecule has 0 aliphatic carbocycles. The van der Waals surface area contributed by atoms with E-state index in [4.69, 9.17) is 24.2 Å². The molecule has 1 fully saturated rings. The number of H-pyrrole nitrogens is 1. The van der Waals surface area contributed by atoms with Gasteiger partial charge in [0, 0.05) is 71.6 Å². The number of carbonyl (C=O) groups excluding carboxylic acids is 2. The Balaban J connectivity index is 1.08. The summed E-state index contributed by atoms with van der Waals surface area (Å²) in [6.45, 7) is 8.23. The Morgan fingerprint density at radius 2 is 1.60 bits per heavy atom. The lowest BCUT2D eigenvalue weighted by atomic mass is 10.1. The van der Waals surface area contributed by atoms with Crippen molar-refractivity contribution < 1.29 is 28.5 Å². The Kier molecular flexibility index (Phi) is 15.5. The maximum atomic E-state index is 12.9. The van der Waals surface area contributed by atoms with E-state index in [0.717, 1.165) is 12.0 Å². The van der Waals surface area contributed by atoms with Crippen LogP contribution >= 0.6 is 0 Å². The summed E-state index contributed by atoms with van der Waals surface area (Å²) in [6.07, 6.45) is 2.61. The van der Waals surface area contributed by atoms with Gasteiger partial charge in [-0.05, 0) is 55.2 Å². The first-order chi connectivity index (χ1) is 24.3. The predicted molar refractivity (Wildman–Crippen MR) is 187 cm³/mol. The number of hydrogen-bond acceptors (Lipinski definition) is 10. The van der Waals surface area contributed by atoms with E-state index >= 15 is 0 Å². The van der Waals surface area contributed by atoms with Gasteiger partial charge in [-0.25, -0.2) is 4.79 Å². The van der Waals surface area contributed by atoms with Crippen LogP contribution in [-0.2, 0) is 37.4 Å². The molecular formula is C35H49N7O8. The largest absolute Gasteiger partial charge is 0.484 e. The molecule has 0 unspecified atom stereocenters. The second-order valence-electron chi connectivity index (χ2n) is 12.0. The number of carbonyl (C=O) groups is 2. The van der Waals surface area contributed by atoms with Crippen molar-refractivity contribution in [2.75, 3.05) is 85.5 Å². The first-order valence-electron chi connectivity index (χ1n) is 17.2. The highest BCUT2D eigenvalue weighted by Crippen LogP contribution is 2.24. The average molecular weight is 696 g/mol. The molecule has 272 valence electrons. The molecule has 2 N–H and O–H groups in total. The molecule has 15 nitrogen and oxygen atoms in total. The number of aromatic nitrogens is 3. The van der Waals surface area contributed by atoms with E-state index in [2.05, 4.69) is 16.4 Å². The van der Waals surface area contributed by atoms with E-state index in [0.29, 0.717) is 121 Å². The SMILES string of the molecule is CCCn1c(=O)c2[nH]c(-c3ccc(OCC(=O)N4CCN(CC(=O)NCCCOCCOCCOCCCC#N)CC4)cc3)cc2n(C)c1=O. The van der Waals surface area contributed by atoms with Crippen LogP contribution in [0.25, 0.3) is 22.3 Å². The molecule has 0 saturated carbocycles. The molecule has 1 aliphatic heterocycles. The van der Waals surface area contributed by atoms with Crippen LogP contribution in [0.2, 0.25) is 0 Å². The van der Waals surface area contributed by atoms with E-state index in [-0.39, 0.29) is 36.2 Å². The number of aryl methyl sites for hydroxylation is 1. The lowest BCUT2D eigenvalue weighted by Gasteiger charge is -2.34. The first kappa shape index (κ1) is 38.3. The minimum Gasteiger partial charge on any atom is -0.484 e. The van der Waals surface area contributed by atoms with Gasteiger partial charge in [-0.1, -0.05) is 6.92 Å². The van der Waals surface area contributed by atoms with E-state index in [1.165, 1.54) is 9.13 Å². The number of fused-ring (bicyclic) bond motifs is 1. The molecule has 2 amide bonds. The Labute approximate surface area is 291 Å². The number of piperazine rings is 1. The predicted octanol–water partition coefficient (Wildman–Crippen LogP) is 1.49. The summed E-state index contributed by atoms with van der Waals surface area (Å²) in [5.74, 6) is 0.360. The van der Waals surface area contributed by atoms with Crippen LogP contribution in [-0.4, -0.2) is 121 Å². The van der Waals surface area contributed by atoms with Crippen LogP contribution < -0.4 is 21.3 Å². The van der Waals surface area contributed by atoms with Crippen LogP contribution in [0.15, 0.2) is 39.9 Å². The van der Waals surface area contributed by atoms with Crippen LogP contribution in [0.5, 0.6) is 5.75 Å². The molecule has 0 bridgehead atoms. The van der Waals surface area contributed by atoms with E-state index in [1.54, 1.807) is 30.1 Å². The molecule has 1 aliphatic rings. The van der Waals surface area contributed by atoms with E-state index in [9.17, 15) is 19.2 Å². The number of nitrogens with one attached hydrogen (secondary N) is 2. The highest BCUT2D eigenvalue weighted by Gasteiger charge is 2.23. The molecule has 2 aromatic heterocycles. The number of nitriles is 1. The third kappa shape index (κ3) is 11.3. The third-order valence-corrected chi connectivity index (χ3v) is 8.31. The molecule has 0 atom stereocenters. The van der Waals surface area contributed by atoms with E-state index in [1.807, 2.05) is 24.0 Å². The first-order valence-corrected chi connectivity index (χ1v) is 17.2. The van der Waals surface area contributed by atoms with Crippen molar-refractivity contribution in [1.29, 1.82) is 5.26 Å². The fourth-order valence-corrected chi connectivity index (χ4v) is 5.53. The Morgan fingerprint density at radius 3 is 2.26 bits per heavy atom. The maximum absolute atomic E-state index is 12.9. The number of ether oxygens (including phenoxy) is 4. The molecule has 3 heterocycles. The highest BCUT2D eigenvalue weighted by molar-refractivity contribution is 5.82. The molecular weight excluding hydrogens is 646 g/mol. The number of rotatable bonds is 21. The van der Waals surface area contributed by atoms with Gasteiger partial charge in [0.05, 0.1) is 44.6 Å². The van der Waals surface area contributed by atoms with Crippen molar-refractivity contribution in [2.45, 2.75) is 39.2 Å². The summed E-state index contributed by atoms with van der Waals surface area (Å²) in [7, 11) is 1.65. The number of amides is 2. The number of aromatic amines is 1. The fourth-order valence-electron chi connectivity index (χ4n) is 5.53. The van der Waals surface area contributed by atoms with Gasteiger partial charge >= 0.3 is 5.69 Å². The third-order valence-electron chi connectivity index (χ3n) is 8.31. The minimum absolute atomic E-state index is 0.0558. The van der Waals surface area contributed by atoms with Crippen molar-refractivity contribution in [3.63, 3.8) is 0 Å². The van der Waals surface area contributed by atoms with Crippen molar-refractivity contribution in [3.8, 4) is 23.1 Å². The van der Waals surface area contributed by atoms with Crippen molar-refractivity contribution in [1.82, 2.24) is 29.2 Å². The Bertz CT molecular complexity index is 1680. The zero-order valence-corrected chi connectivity index (χ0v) is 29.1. The minimum atomic E-state index is -0.342. The van der Waals surface area contributed by atoms with Crippen molar-refractivity contribution in [2.24, 2.45) is 7.05 Å². The molecule has 50 heavy (non-hydrogen) atoms. The summed E-state index contributed by atoms with van der Waals surface area (Å²) in [6, 6.07) is 11.1. The standard InChI is InChI=1S/C35H49N7O8/c1-3-13-42-34(45)33-30(39(2)35(42)46)24-29(38-33)27-7-9-28(10-8-27)50-26-32(44)41-16-14-40(15-17-41)25-31(43)37-12-6-19-48-21-23-49-22-20-47-18-5-4-11-36/h7-10,24,38H,3-6,12-23,25-26H2,1-2H3,(H,37,43). The summed E-state index contributed by atoms with van der Waals surface area (Å²) in [5.41, 5.74) is 1.75. The summed E-state index contributed by atoms with van der Waals surface area (Å²) in [5, 5.41) is 11.4. The van der Waals surface area contributed by atoms with Gasteiger partial charge in [0.15, 0.2) is 6.61 Å². The van der Waals surface area contributed by atoms with Gasteiger partial charge in [0.1, 0.15) is 11.3 Å². The molecule has 0 radical (unpaired) electrons. The lowest BCUT2D eigenvalue weighted by molar-refractivity contribution is -0.135. The average Bonchev–Trinajstić information content (AvgIpc) is 3.58. The maximum Gasteiger partial charge on any atom is 0.331 e. The van der Waals surface area contributed by atoms with Gasteiger partial charge in [0.2, 0.25) is 5.91 Å². The molecule has 1 aromatic carbocycles. The second kappa shape index (κ2) is 20.2. The Morgan fingerprint density at radius 1 is 0.940 bits per heavy atom. The second-order valence-corrected chi connectivity index (χ2v) is 12.0. The topological polar surface area (TPSA) is 173 Å². The van der Waals surface area contributed by atoms with Crippen molar-refractivity contribution >= 4 is 22.8 Å². The van der Waals surface area contributed by atoms with E-state index < -0.39 is 0 Å². The molecule has 1 saturated heterocycles. The zero-order chi connectivity index (χ0) is 35.7.